The third kappa shape index (κ3) is 6.65. The SMILES string of the molecule is CCOP(=O)(O)OP(=O)(O)O. The van der Waals surface area contributed by atoms with Crippen LogP contribution < -0.4 is 0 Å². The first-order valence-corrected chi connectivity index (χ1v) is 5.53. The lowest BCUT2D eigenvalue weighted by Gasteiger charge is -2.10. The highest BCUT2D eigenvalue weighted by molar-refractivity contribution is 7.60. The summed E-state index contributed by atoms with van der Waals surface area (Å²) in [6.07, 6.45) is 0. The fourth-order valence-corrected chi connectivity index (χ4v) is 1.91. The van der Waals surface area contributed by atoms with Gasteiger partial charge in [-0.3, -0.25) is 4.52 Å². The standard InChI is InChI=1S/C2H8O7P2/c1-2-8-11(6,7)9-10(3,4)5/h2H2,1H3,(H,6,7)(H2,3,4,5). The average Bonchev–Trinajstić information content (AvgIpc) is 1.55. The van der Waals surface area contributed by atoms with Crippen LogP contribution in [0.15, 0.2) is 0 Å². The van der Waals surface area contributed by atoms with Crippen LogP contribution in [0.3, 0.4) is 0 Å². The van der Waals surface area contributed by atoms with Gasteiger partial charge in [-0.05, 0) is 6.92 Å². The molecule has 0 aliphatic heterocycles. The summed E-state index contributed by atoms with van der Waals surface area (Å²) in [5.41, 5.74) is 0. The molecule has 0 aromatic rings. The van der Waals surface area contributed by atoms with Crippen molar-refractivity contribution in [2.45, 2.75) is 6.92 Å². The van der Waals surface area contributed by atoms with Gasteiger partial charge < -0.3 is 14.7 Å². The Balaban J connectivity index is 4.14. The molecule has 0 radical (unpaired) electrons. The minimum atomic E-state index is -4.96. The molecule has 0 saturated heterocycles. The third-order valence-electron chi connectivity index (χ3n) is 0.502. The van der Waals surface area contributed by atoms with Crippen molar-refractivity contribution in [1.29, 1.82) is 0 Å². The molecule has 1 atom stereocenters. The van der Waals surface area contributed by atoms with Crippen LogP contribution in [0.4, 0.5) is 0 Å². The Kier molecular flexibility index (Phi) is 3.87. The number of phosphoric acid groups is 2. The molecule has 0 bridgehead atoms. The van der Waals surface area contributed by atoms with Gasteiger partial charge in [-0.25, -0.2) is 9.13 Å². The average molecular weight is 206 g/mol. The molecule has 0 rings (SSSR count). The summed E-state index contributed by atoms with van der Waals surface area (Å²) in [7, 11) is -9.53. The largest absolute Gasteiger partial charge is 0.481 e. The predicted molar refractivity (Wildman–Crippen MR) is 34.6 cm³/mol. The van der Waals surface area contributed by atoms with E-state index in [9.17, 15) is 9.13 Å². The zero-order valence-electron chi connectivity index (χ0n) is 5.58. The Bertz CT molecular complexity index is 204. The van der Waals surface area contributed by atoms with Crippen molar-refractivity contribution in [2.75, 3.05) is 6.61 Å². The van der Waals surface area contributed by atoms with Crippen molar-refractivity contribution in [2.24, 2.45) is 0 Å². The Morgan fingerprint density at radius 1 is 1.27 bits per heavy atom. The Morgan fingerprint density at radius 2 is 1.73 bits per heavy atom. The summed E-state index contributed by atoms with van der Waals surface area (Å²) < 4.78 is 27.9. The summed E-state index contributed by atoms with van der Waals surface area (Å²) in [6, 6.07) is 0. The summed E-state index contributed by atoms with van der Waals surface area (Å²) in [5.74, 6) is 0. The highest BCUT2D eigenvalue weighted by Gasteiger charge is 2.31. The van der Waals surface area contributed by atoms with E-state index in [1.807, 2.05) is 0 Å². The van der Waals surface area contributed by atoms with E-state index < -0.39 is 15.6 Å². The van der Waals surface area contributed by atoms with E-state index >= 15 is 0 Å². The van der Waals surface area contributed by atoms with Gasteiger partial charge in [-0.1, -0.05) is 0 Å². The van der Waals surface area contributed by atoms with Crippen molar-refractivity contribution in [1.82, 2.24) is 0 Å². The van der Waals surface area contributed by atoms with Crippen LogP contribution in [0, 0.1) is 0 Å². The highest BCUT2D eigenvalue weighted by atomic mass is 31.3. The van der Waals surface area contributed by atoms with E-state index in [4.69, 9.17) is 14.7 Å². The molecule has 0 aliphatic rings. The first-order valence-electron chi connectivity index (χ1n) is 2.51. The van der Waals surface area contributed by atoms with Gasteiger partial charge in [0, 0.05) is 0 Å². The topological polar surface area (TPSA) is 113 Å². The van der Waals surface area contributed by atoms with Crippen molar-refractivity contribution in [3.05, 3.63) is 0 Å². The monoisotopic (exact) mass is 206 g/mol. The van der Waals surface area contributed by atoms with E-state index in [0.717, 1.165) is 0 Å². The molecule has 0 aliphatic carbocycles. The molecule has 1 unspecified atom stereocenters. The zero-order valence-corrected chi connectivity index (χ0v) is 7.37. The van der Waals surface area contributed by atoms with Crippen LogP contribution in [0.2, 0.25) is 0 Å². The van der Waals surface area contributed by atoms with Crippen LogP contribution in [0.5, 0.6) is 0 Å². The minimum Gasteiger partial charge on any atom is -0.302 e. The van der Waals surface area contributed by atoms with Gasteiger partial charge in [-0.15, -0.1) is 0 Å². The van der Waals surface area contributed by atoms with E-state index in [-0.39, 0.29) is 6.61 Å². The van der Waals surface area contributed by atoms with Crippen LogP contribution in [-0.4, -0.2) is 21.3 Å². The molecule has 0 amide bonds. The number of hydrogen-bond donors (Lipinski definition) is 3. The molecule has 3 N–H and O–H groups in total. The summed E-state index contributed by atoms with van der Waals surface area (Å²) >= 11 is 0. The van der Waals surface area contributed by atoms with Crippen molar-refractivity contribution in [3.63, 3.8) is 0 Å². The lowest BCUT2D eigenvalue weighted by molar-refractivity contribution is 0.185. The molecule has 0 heterocycles. The van der Waals surface area contributed by atoms with Gasteiger partial charge >= 0.3 is 15.6 Å². The highest BCUT2D eigenvalue weighted by Crippen LogP contribution is 2.57. The Labute approximate surface area is 62.8 Å². The first-order chi connectivity index (χ1) is 4.77. The van der Waals surface area contributed by atoms with E-state index in [1.54, 1.807) is 0 Å². The smallest absolute Gasteiger partial charge is 0.302 e. The normalized spacial score (nSPS) is 17.8. The lowest BCUT2D eigenvalue weighted by Crippen LogP contribution is -1.92. The minimum absolute atomic E-state index is 0.173. The van der Waals surface area contributed by atoms with Crippen molar-refractivity contribution in [3.8, 4) is 0 Å². The molecule has 68 valence electrons. The van der Waals surface area contributed by atoms with Gasteiger partial charge in [-0.2, -0.15) is 4.31 Å². The molecule has 9 heteroatoms. The quantitative estimate of drug-likeness (QED) is 0.564. The second-order valence-electron chi connectivity index (χ2n) is 1.46. The second-order valence-corrected chi connectivity index (χ2v) is 4.29. The third-order valence-corrected chi connectivity index (χ3v) is 2.76. The molecule has 0 aromatic heterocycles. The summed E-state index contributed by atoms with van der Waals surface area (Å²) in [4.78, 5) is 24.6. The van der Waals surface area contributed by atoms with Gasteiger partial charge in [0.1, 0.15) is 0 Å². The first kappa shape index (κ1) is 11.3. The molecule has 0 saturated carbocycles. The molecular formula is C2H8O7P2. The van der Waals surface area contributed by atoms with Crippen LogP contribution >= 0.6 is 15.6 Å². The molecule has 7 nitrogen and oxygen atoms in total. The lowest BCUT2D eigenvalue weighted by atomic mass is 10.9. The summed E-state index contributed by atoms with van der Waals surface area (Å²) in [6.45, 7) is 1.21. The van der Waals surface area contributed by atoms with Crippen molar-refractivity contribution < 1.29 is 32.6 Å². The maximum atomic E-state index is 10.4. The van der Waals surface area contributed by atoms with Gasteiger partial charge in [0.15, 0.2) is 0 Å². The van der Waals surface area contributed by atoms with Crippen LogP contribution in [-0.2, 0) is 18.0 Å². The number of hydrogen-bond acceptors (Lipinski definition) is 4. The number of rotatable bonds is 4. The Hall–Kier alpha value is 0.260. The van der Waals surface area contributed by atoms with Crippen LogP contribution in [0.1, 0.15) is 6.92 Å². The number of phosphoric ester groups is 1. The molecule has 0 aromatic carbocycles. The van der Waals surface area contributed by atoms with E-state index in [0.29, 0.717) is 0 Å². The van der Waals surface area contributed by atoms with Gasteiger partial charge in [0.2, 0.25) is 0 Å². The molecular weight excluding hydrogens is 198 g/mol. The van der Waals surface area contributed by atoms with Crippen molar-refractivity contribution >= 4 is 15.6 Å². The van der Waals surface area contributed by atoms with Gasteiger partial charge in [0.05, 0.1) is 6.61 Å². The maximum Gasteiger partial charge on any atom is 0.481 e. The fraction of sp³-hybridized carbons (Fsp3) is 1.00. The maximum absolute atomic E-state index is 10.4. The predicted octanol–water partition coefficient (Wildman–Crippen LogP) is 0.233. The second kappa shape index (κ2) is 3.78. The zero-order chi connectivity index (χ0) is 9.12. The Morgan fingerprint density at radius 3 is 2.00 bits per heavy atom. The fourth-order valence-electron chi connectivity index (χ4n) is 0.321. The molecule has 11 heavy (non-hydrogen) atoms. The van der Waals surface area contributed by atoms with Crippen LogP contribution in [0.25, 0.3) is 0 Å². The molecule has 0 fully saturated rings. The van der Waals surface area contributed by atoms with Gasteiger partial charge in [0.25, 0.3) is 0 Å². The van der Waals surface area contributed by atoms with E-state index in [1.165, 1.54) is 6.92 Å². The molecule has 0 spiro atoms. The summed E-state index contributed by atoms with van der Waals surface area (Å²) in [5, 5.41) is 0. The van der Waals surface area contributed by atoms with E-state index in [2.05, 4.69) is 8.83 Å².